The van der Waals surface area contributed by atoms with Crippen molar-refractivity contribution in [2.75, 3.05) is 32.7 Å². The summed E-state index contributed by atoms with van der Waals surface area (Å²) in [4.78, 5) is 30.1. The van der Waals surface area contributed by atoms with Gasteiger partial charge >= 0.3 is 0 Å². The topological polar surface area (TPSA) is 52.7 Å². The number of nitrogens with one attached hydrogen (secondary N) is 1. The molecule has 7 heteroatoms. The van der Waals surface area contributed by atoms with Crippen molar-refractivity contribution < 1.29 is 9.59 Å². The molecule has 1 amide bonds. The van der Waals surface area contributed by atoms with Gasteiger partial charge in [0.25, 0.3) is 0 Å². The Morgan fingerprint density at radius 1 is 1.09 bits per heavy atom. The largest absolute Gasteiger partial charge is 0.337 e. The van der Waals surface area contributed by atoms with E-state index in [2.05, 4.69) is 29.0 Å². The van der Waals surface area contributed by atoms with Crippen molar-refractivity contribution >= 4 is 35.7 Å². The first-order valence-corrected chi connectivity index (χ1v) is 12.3. The summed E-state index contributed by atoms with van der Waals surface area (Å²) in [5.41, 5.74) is 3.44. The van der Waals surface area contributed by atoms with Crippen molar-refractivity contribution in [2.45, 2.75) is 65.0 Å². The molecule has 178 valence electrons. The lowest BCUT2D eigenvalue weighted by Gasteiger charge is -2.41. The highest BCUT2D eigenvalue weighted by Gasteiger charge is 2.33. The normalized spacial score (nSPS) is 24.5. The van der Waals surface area contributed by atoms with Crippen LogP contribution in [-0.2, 0) is 22.6 Å². The number of amides is 1. The van der Waals surface area contributed by atoms with Gasteiger partial charge in [0.05, 0.1) is 0 Å². The summed E-state index contributed by atoms with van der Waals surface area (Å²) in [6.45, 7) is 9.40. The molecule has 2 aliphatic heterocycles. The van der Waals surface area contributed by atoms with Gasteiger partial charge in [0, 0.05) is 62.0 Å². The number of carbonyl (C=O) groups excluding carboxylic acids is 2. The highest BCUT2D eigenvalue weighted by Crippen LogP contribution is 2.29. The molecular formula is C25H37Cl2N3O2. The molecule has 0 aromatic heterocycles. The monoisotopic (exact) mass is 481 g/mol. The fraction of sp³-hybridized carbons (Fsp3) is 0.680. The van der Waals surface area contributed by atoms with Crippen LogP contribution in [0, 0.1) is 18.8 Å². The maximum absolute atomic E-state index is 12.9. The maximum atomic E-state index is 12.9. The van der Waals surface area contributed by atoms with Gasteiger partial charge in [-0.3, -0.25) is 14.5 Å². The molecule has 1 saturated carbocycles. The minimum absolute atomic E-state index is 0. The third kappa shape index (κ3) is 5.85. The number of rotatable bonds is 6. The molecule has 2 atom stereocenters. The van der Waals surface area contributed by atoms with Gasteiger partial charge in [0.15, 0.2) is 0 Å². The van der Waals surface area contributed by atoms with Gasteiger partial charge in [0.1, 0.15) is 5.78 Å². The number of ketones is 1. The van der Waals surface area contributed by atoms with Crippen LogP contribution >= 0.6 is 24.0 Å². The molecular weight excluding hydrogens is 445 g/mol. The van der Waals surface area contributed by atoms with Crippen LogP contribution in [0.25, 0.3) is 0 Å². The first-order valence-electron chi connectivity index (χ1n) is 12.0. The van der Waals surface area contributed by atoms with E-state index in [4.69, 9.17) is 11.6 Å². The van der Waals surface area contributed by atoms with Gasteiger partial charge in [0.2, 0.25) is 5.91 Å². The second-order valence-electron chi connectivity index (χ2n) is 9.78. The number of hydrogen-bond donors (Lipinski definition) is 1. The molecule has 2 heterocycles. The number of nitrogens with zero attached hydrogens (tertiary/aromatic N) is 2. The molecule has 1 aliphatic carbocycles. The third-order valence-corrected chi connectivity index (χ3v) is 7.78. The Labute approximate surface area is 203 Å². The van der Waals surface area contributed by atoms with Crippen molar-refractivity contribution in [1.29, 1.82) is 0 Å². The lowest BCUT2D eigenvalue weighted by Crippen LogP contribution is -2.54. The van der Waals surface area contributed by atoms with Gasteiger partial charge in [-0.15, -0.1) is 12.4 Å². The number of halogens is 2. The molecule has 2 saturated heterocycles. The Hall–Kier alpha value is -1.14. The number of hydrogen-bond acceptors (Lipinski definition) is 4. The molecule has 0 bridgehead atoms. The molecule has 3 fully saturated rings. The van der Waals surface area contributed by atoms with E-state index in [1.165, 1.54) is 24.0 Å². The van der Waals surface area contributed by atoms with Crippen LogP contribution in [-0.4, -0.2) is 60.3 Å². The average molecular weight is 482 g/mol. The molecule has 0 radical (unpaired) electrons. The summed E-state index contributed by atoms with van der Waals surface area (Å²) in [5, 5.41) is 3.99. The predicted octanol–water partition coefficient (Wildman–Crippen LogP) is 4.01. The Balaban J connectivity index is 0.00000289. The van der Waals surface area contributed by atoms with E-state index < -0.39 is 0 Å². The van der Waals surface area contributed by atoms with Crippen LogP contribution in [0.3, 0.4) is 0 Å². The van der Waals surface area contributed by atoms with Gasteiger partial charge in [-0.25, -0.2) is 0 Å². The van der Waals surface area contributed by atoms with Gasteiger partial charge in [-0.1, -0.05) is 24.4 Å². The second-order valence-corrected chi connectivity index (χ2v) is 10.2. The summed E-state index contributed by atoms with van der Waals surface area (Å²) in [7, 11) is 0. The fourth-order valence-corrected chi connectivity index (χ4v) is 5.82. The summed E-state index contributed by atoms with van der Waals surface area (Å²) in [6, 6.07) is 4.24. The molecule has 0 spiro atoms. The van der Waals surface area contributed by atoms with E-state index in [-0.39, 0.29) is 30.3 Å². The molecule has 5 nitrogen and oxygen atoms in total. The zero-order chi connectivity index (χ0) is 22.0. The molecule has 1 aromatic rings. The lowest BCUT2D eigenvalue weighted by molar-refractivity contribution is -0.140. The summed E-state index contributed by atoms with van der Waals surface area (Å²) >= 11 is 6.45. The van der Waals surface area contributed by atoms with Crippen LogP contribution in [0.15, 0.2) is 12.1 Å². The second kappa shape index (κ2) is 11.3. The van der Waals surface area contributed by atoms with Crippen LogP contribution in [0.1, 0.15) is 55.7 Å². The van der Waals surface area contributed by atoms with E-state index in [9.17, 15) is 9.59 Å². The Morgan fingerprint density at radius 3 is 2.47 bits per heavy atom. The van der Waals surface area contributed by atoms with E-state index in [1.54, 1.807) is 0 Å². The smallest absolute Gasteiger partial charge is 0.226 e. The van der Waals surface area contributed by atoms with E-state index in [0.29, 0.717) is 23.1 Å². The van der Waals surface area contributed by atoms with E-state index >= 15 is 0 Å². The zero-order valence-electron chi connectivity index (χ0n) is 19.4. The van der Waals surface area contributed by atoms with Crippen molar-refractivity contribution in [1.82, 2.24) is 15.1 Å². The van der Waals surface area contributed by atoms with Crippen molar-refractivity contribution in [2.24, 2.45) is 11.8 Å². The molecule has 32 heavy (non-hydrogen) atoms. The average Bonchev–Trinajstić information content (AvgIpc) is 3.45. The first-order chi connectivity index (χ1) is 14.9. The minimum Gasteiger partial charge on any atom is -0.337 e. The SMILES string of the molecule is Cc1c(CC(=O)[C@H]2CCNC2)cc(Cl)cc1CN1CCN(C(=O)C2CCCC2)[C@@H](C)C1.Cl. The Morgan fingerprint density at radius 2 is 1.81 bits per heavy atom. The van der Waals surface area contributed by atoms with E-state index in [1.807, 2.05) is 12.1 Å². The number of benzene rings is 1. The summed E-state index contributed by atoms with van der Waals surface area (Å²) in [6.07, 6.45) is 5.92. The number of piperazine rings is 1. The van der Waals surface area contributed by atoms with Crippen LogP contribution in [0.2, 0.25) is 5.02 Å². The molecule has 0 unspecified atom stereocenters. The van der Waals surface area contributed by atoms with Crippen LogP contribution < -0.4 is 5.32 Å². The predicted molar refractivity (Wildman–Crippen MR) is 132 cm³/mol. The standard InChI is InChI=1S/C25H36ClN3O2.ClH/c1-17-15-28(9-10-29(17)25(31)19-5-3-4-6-19)16-22-12-23(26)11-21(18(22)2)13-24(30)20-7-8-27-14-20;/h11-12,17,19-20,27H,3-10,13-16H2,1-2H3;1H/t17-,20-;/m0./s1. The maximum Gasteiger partial charge on any atom is 0.226 e. The zero-order valence-corrected chi connectivity index (χ0v) is 20.9. The highest BCUT2D eigenvalue weighted by molar-refractivity contribution is 6.30. The highest BCUT2D eigenvalue weighted by atomic mass is 35.5. The first kappa shape index (κ1) is 25.5. The fourth-order valence-electron chi connectivity index (χ4n) is 5.56. The quantitative estimate of drug-likeness (QED) is 0.666. The van der Waals surface area contributed by atoms with Crippen molar-refractivity contribution in [3.05, 3.63) is 33.8 Å². The van der Waals surface area contributed by atoms with Crippen molar-refractivity contribution in [3.8, 4) is 0 Å². The minimum atomic E-state index is 0. The molecule has 1 N–H and O–H groups in total. The van der Waals surface area contributed by atoms with Crippen LogP contribution in [0.4, 0.5) is 0 Å². The summed E-state index contributed by atoms with van der Waals surface area (Å²) in [5.74, 6) is 1.06. The molecule has 3 aliphatic rings. The van der Waals surface area contributed by atoms with Gasteiger partial charge in [-0.05, 0) is 68.5 Å². The summed E-state index contributed by atoms with van der Waals surface area (Å²) < 4.78 is 0. The van der Waals surface area contributed by atoms with Crippen molar-refractivity contribution in [3.63, 3.8) is 0 Å². The Kier molecular flexibility index (Phi) is 9.02. The lowest BCUT2D eigenvalue weighted by atomic mass is 9.92. The van der Waals surface area contributed by atoms with E-state index in [0.717, 1.165) is 64.1 Å². The van der Waals surface area contributed by atoms with Crippen LogP contribution in [0.5, 0.6) is 0 Å². The van der Waals surface area contributed by atoms with Gasteiger partial charge < -0.3 is 10.2 Å². The Bertz CT molecular complexity index is 820. The number of carbonyl (C=O) groups is 2. The third-order valence-electron chi connectivity index (χ3n) is 7.56. The molecule has 1 aromatic carbocycles. The molecule has 4 rings (SSSR count). The van der Waals surface area contributed by atoms with Gasteiger partial charge in [-0.2, -0.15) is 0 Å². The number of Topliss-reactive ketones (excluding diaryl/α,β-unsaturated/α-hetero) is 1.